The van der Waals surface area contributed by atoms with Gasteiger partial charge in [0.05, 0.1) is 5.69 Å². The number of carboxylic acids is 1. The predicted octanol–water partition coefficient (Wildman–Crippen LogP) is 1.49. The summed E-state index contributed by atoms with van der Waals surface area (Å²) >= 11 is 5.54. The Morgan fingerprint density at radius 2 is 2.23 bits per heavy atom. The van der Waals surface area contributed by atoms with Gasteiger partial charge in [0.1, 0.15) is 5.41 Å². The summed E-state index contributed by atoms with van der Waals surface area (Å²) in [6.45, 7) is 3.13. The van der Waals surface area contributed by atoms with Gasteiger partial charge in [-0.1, -0.05) is 0 Å². The van der Waals surface area contributed by atoms with E-state index in [1.165, 1.54) is 6.20 Å². The molecular formula is C8H9ClN2O2. The predicted molar refractivity (Wildman–Crippen MR) is 47.7 cm³/mol. The van der Waals surface area contributed by atoms with Gasteiger partial charge in [0.2, 0.25) is 5.28 Å². The molecule has 0 unspecified atom stereocenters. The number of carboxylic acid groups (broad SMARTS) is 1. The molecule has 0 bridgehead atoms. The normalized spacial score (nSPS) is 11.3. The molecule has 70 valence electrons. The zero-order valence-electron chi connectivity index (χ0n) is 7.28. The molecule has 0 aromatic carbocycles. The van der Waals surface area contributed by atoms with E-state index in [2.05, 4.69) is 9.97 Å². The minimum atomic E-state index is -1.04. The summed E-state index contributed by atoms with van der Waals surface area (Å²) in [6.07, 6.45) is 1.44. The van der Waals surface area contributed by atoms with Crippen LogP contribution in [-0.4, -0.2) is 21.0 Å². The fourth-order valence-corrected chi connectivity index (χ4v) is 0.940. The fourth-order valence-electron chi connectivity index (χ4n) is 0.793. The lowest BCUT2D eigenvalue weighted by Crippen LogP contribution is -2.29. The standard InChI is InChI=1S/C8H9ClN2O2/c1-8(2,6(12)13)5-3-4-10-7(9)11-5/h3-4H,1-2H3,(H,12,13). The molecule has 1 aromatic rings. The summed E-state index contributed by atoms with van der Waals surface area (Å²) in [7, 11) is 0. The van der Waals surface area contributed by atoms with Crippen LogP contribution in [0.2, 0.25) is 5.28 Å². The van der Waals surface area contributed by atoms with Gasteiger partial charge in [0, 0.05) is 6.20 Å². The molecule has 0 saturated carbocycles. The van der Waals surface area contributed by atoms with Crippen LogP contribution < -0.4 is 0 Å². The first kappa shape index (κ1) is 9.92. The van der Waals surface area contributed by atoms with Gasteiger partial charge in [-0.05, 0) is 31.5 Å². The Labute approximate surface area is 80.6 Å². The highest BCUT2D eigenvalue weighted by molar-refractivity contribution is 6.28. The first-order valence-electron chi connectivity index (χ1n) is 3.67. The molecule has 0 fully saturated rings. The molecule has 5 heteroatoms. The Morgan fingerprint density at radius 3 is 2.69 bits per heavy atom. The van der Waals surface area contributed by atoms with E-state index < -0.39 is 11.4 Å². The highest BCUT2D eigenvalue weighted by Crippen LogP contribution is 2.21. The summed E-state index contributed by atoms with van der Waals surface area (Å²) < 4.78 is 0. The Bertz CT molecular complexity index is 339. The van der Waals surface area contributed by atoms with E-state index in [0.717, 1.165) is 0 Å². The Hall–Kier alpha value is -1.16. The summed E-state index contributed by atoms with van der Waals surface area (Å²) in [6, 6.07) is 1.54. The van der Waals surface area contributed by atoms with Gasteiger partial charge in [0.15, 0.2) is 0 Å². The zero-order valence-corrected chi connectivity index (χ0v) is 8.04. The number of halogens is 1. The third kappa shape index (κ3) is 1.95. The average Bonchev–Trinajstić information content (AvgIpc) is 2.04. The van der Waals surface area contributed by atoms with Crippen LogP contribution in [0.25, 0.3) is 0 Å². The second-order valence-electron chi connectivity index (χ2n) is 3.14. The number of nitrogens with zero attached hydrogens (tertiary/aromatic N) is 2. The monoisotopic (exact) mass is 200 g/mol. The Balaban J connectivity index is 3.14. The third-order valence-electron chi connectivity index (χ3n) is 1.80. The molecule has 1 heterocycles. The smallest absolute Gasteiger partial charge is 0.315 e. The van der Waals surface area contributed by atoms with Gasteiger partial charge in [-0.3, -0.25) is 4.79 Å². The number of carbonyl (C=O) groups is 1. The van der Waals surface area contributed by atoms with Crippen molar-refractivity contribution in [2.75, 3.05) is 0 Å². The van der Waals surface area contributed by atoms with Crippen molar-refractivity contribution < 1.29 is 9.90 Å². The maximum Gasteiger partial charge on any atom is 0.315 e. The molecule has 1 aromatic heterocycles. The van der Waals surface area contributed by atoms with Crippen molar-refractivity contribution in [3.63, 3.8) is 0 Å². The van der Waals surface area contributed by atoms with E-state index in [9.17, 15) is 4.79 Å². The summed E-state index contributed by atoms with van der Waals surface area (Å²) in [5.41, 5.74) is -0.632. The van der Waals surface area contributed by atoms with Crippen LogP contribution in [0.1, 0.15) is 19.5 Å². The van der Waals surface area contributed by atoms with Crippen molar-refractivity contribution in [1.82, 2.24) is 9.97 Å². The molecule has 0 aliphatic carbocycles. The van der Waals surface area contributed by atoms with Crippen molar-refractivity contribution >= 4 is 17.6 Å². The van der Waals surface area contributed by atoms with E-state index in [0.29, 0.717) is 5.69 Å². The highest BCUT2D eigenvalue weighted by Gasteiger charge is 2.31. The summed E-state index contributed by atoms with van der Waals surface area (Å²) in [5, 5.41) is 8.94. The third-order valence-corrected chi connectivity index (χ3v) is 1.98. The highest BCUT2D eigenvalue weighted by atomic mass is 35.5. The van der Waals surface area contributed by atoms with E-state index in [1.807, 2.05) is 0 Å². The van der Waals surface area contributed by atoms with Gasteiger partial charge in [-0.25, -0.2) is 9.97 Å². The molecule has 0 aliphatic rings. The Morgan fingerprint density at radius 1 is 1.62 bits per heavy atom. The largest absolute Gasteiger partial charge is 0.481 e. The minimum absolute atomic E-state index is 0.0619. The SMILES string of the molecule is CC(C)(C(=O)O)c1ccnc(Cl)n1. The zero-order chi connectivity index (χ0) is 10.1. The second-order valence-corrected chi connectivity index (χ2v) is 3.48. The van der Waals surface area contributed by atoms with E-state index in [-0.39, 0.29) is 5.28 Å². The molecule has 0 radical (unpaired) electrons. The van der Waals surface area contributed by atoms with Crippen molar-refractivity contribution in [2.45, 2.75) is 19.3 Å². The first-order valence-corrected chi connectivity index (χ1v) is 4.05. The van der Waals surface area contributed by atoms with Gasteiger partial charge in [-0.2, -0.15) is 0 Å². The Kier molecular flexibility index (Phi) is 2.52. The molecule has 0 spiro atoms. The lowest BCUT2D eigenvalue weighted by molar-refractivity contribution is -0.142. The number of aliphatic carboxylic acids is 1. The number of hydrogen-bond donors (Lipinski definition) is 1. The average molecular weight is 201 g/mol. The molecular weight excluding hydrogens is 192 g/mol. The topological polar surface area (TPSA) is 63.1 Å². The molecule has 1 rings (SSSR count). The van der Waals surface area contributed by atoms with Gasteiger partial charge >= 0.3 is 5.97 Å². The van der Waals surface area contributed by atoms with Gasteiger partial charge in [0.25, 0.3) is 0 Å². The molecule has 0 aliphatic heterocycles. The van der Waals surface area contributed by atoms with E-state index >= 15 is 0 Å². The number of rotatable bonds is 2. The van der Waals surface area contributed by atoms with E-state index in [1.54, 1.807) is 19.9 Å². The molecule has 0 saturated heterocycles. The fraction of sp³-hybridized carbons (Fsp3) is 0.375. The van der Waals surface area contributed by atoms with Crippen molar-refractivity contribution in [3.8, 4) is 0 Å². The lowest BCUT2D eigenvalue weighted by Gasteiger charge is -2.17. The first-order chi connectivity index (χ1) is 5.94. The van der Waals surface area contributed by atoms with Crippen molar-refractivity contribution in [2.24, 2.45) is 0 Å². The van der Waals surface area contributed by atoms with Crippen molar-refractivity contribution in [1.29, 1.82) is 0 Å². The van der Waals surface area contributed by atoms with Crippen LogP contribution in [-0.2, 0) is 10.2 Å². The van der Waals surface area contributed by atoms with Crippen molar-refractivity contribution in [3.05, 3.63) is 23.2 Å². The lowest BCUT2D eigenvalue weighted by atomic mass is 9.89. The maximum absolute atomic E-state index is 10.8. The summed E-state index contributed by atoms with van der Waals surface area (Å²) in [4.78, 5) is 18.3. The van der Waals surface area contributed by atoms with Crippen LogP contribution in [0.5, 0.6) is 0 Å². The quantitative estimate of drug-likeness (QED) is 0.735. The molecule has 13 heavy (non-hydrogen) atoms. The number of hydrogen-bond acceptors (Lipinski definition) is 3. The minimum Gasteiger partial charge on any atom is -0.481 e. The molecule has 1 N–H and O–H groups in total. The van der Waals surface area contributed by atoms with Gasteiger partial charge < -0.3 is 5.11 Å². The van der Waals surface area contributed by atoms with Crippen LogP contribution in [0, 0.1) is 0 Å². The molecule has 4 nitrogen and oxygen atoms in total. The van der Waals surface area contributed by atoms with Crippen LogP contribution in [0.4, 0.5) is 0 Å². The van der Waals surface area contributed by atoms with Crippen LogP contribution in [0.3, 0.4) is 0 Å². The van der Waals surface area contributed by atoms with Gasteiger partial charge in [-0.15, -0.1) is 0 Å². The van der Waals surface area contributed by atoms with Crippen LogP contribution >= 0.6 is 11.6 Å². The maximum atomic E-state index is 10.8. The molecule has 0 atom stereocenters. The summed E-state index contributed by atoms with van der Waals surface area (Å²) in [5.74, 6) is -0.942. The molecule has 0 amide bonds. The number of aromatic nitrogens is 2. The van der Waals surface area contributed by atoms with E-state index in [4.69, 9.17) is 16.7 Å². The van der Waals surface area contributed by atoms with Crippen LogP contribution in [0.15, 0.2) is 12.3 Å². The second kappa shape index (κ2) is 3.30.